The normalized spacial score (nSPS) is 16.6. The molecule has 4 rings (SSSR count). The van der Waals surface area contributed by atoms with E-state index in [0.29, 0.717) is 30.5 Å². The van der Waals surface area contributed by atoms with Crippen LogP contribution in [0.25, 0.3) is 0 Å². The fourth-order valence-corrected chi connectivity index (χ4v) is 3.96. The monoisotopic (exact) mass is 445 g/mol. The van der Waals surface area contributed by atoms with Crippen molar-refractivity contribution in [3.63, 3.8) is 0 Å². The highest BCUT2D eigenvalue weighted by Crippen LogP contribution is 2.32. The van der Waals surface area contributed by atoms with E-state index in [1.54, 1.807) is 12.3 Å². The van der Waals surface area contributed by atoms with Crippen molar-refractivity contribution in [2.24, 2.45) is 0 Å². The zero-order valence-corrected chi connectivity index (χ0v) is 19.3. The molecule has 3 aromatic rings. The van der Waals surface area contributed by atoms with E-state index >= 15 is 0 Å². The molecular weight excluding hydrogens is 414 g/mol. The average molecular weight is 446 g/mol. The number of hydrogen-bond acceptors (Lipinski definition) is 6. The number of anilines is 1. The maximum atomic E-state index is 12.1. The van der Waals surface area contributed by atoms with Gasteiger partial charge in [0.05, 0.1) is 23.8 Å². The number of aryl methyl sites for hydroxylation is 1. The molecule has 7 nitrogen and oxygen atoms in total. The number of amides is 1. The van der Waals surface area contributed by atoms with Crippen molar-refractivity contribution in [3.8, 4) is 5.88 Å². The van der Waals surface area contributed by atoms with Crippen LogP contribution in [0.5, 0.6) is 5.88 Å². The highest BCUT2D eigenvalue weighted by atomic mass is 16.5. The Kier molecular flexibility index (Phi) is 7.19. The van der Waals surface area contributed by atoms with Crippen LogP contribution in [-0.2, 0) is 0 Å². The number of fused-ring (bicyclic) bond motifs is 1. The summed E-state index contributed by atoms with van der Waals surface area (Å²) in [6, 6.07) is 16.3. The van der Waals surface area contributed by atoms with Gasteiger partial charge >= 0.3 is 0 Å². The van der Waals surface area contributed by atoms with Gasteiger partial charge in [0.15, 0.2) is 0 Å². The number of carbonyl (C=O) groups excluding carboxylic acids is 1. The van der Waals surface area contributed by atoms with Crippen LogP contribution in [0.3, 0.4) is 0 Å². The van der Waals surface area contributed by atoms with E-state index in [0.717, 1.165) is 23.5 Å². The van der Waals surface area contributed by atoms with Gasteiger partial charge in [0, 0.05) is 31.2 Å². The van der Waals surface area contributed by atoms with Gasteiger partial charge in [0.1, 0.15) is 6.10 Å². The summed E-state index contributed by atoms with van der Waals surface area (Å²) < 4.78 is 6.32. The van der Waals surface area contributed by atoms with Crippen LogP contribution < -0.4 is 20.7 Å². The van der Waals surface area contributed by atoms with Crippen LogP contribution in [0.4, 0.5) is 5.69 Å². The Morgan fingerprint density at radius 3 is 2.70 bits per heavy atom. The predicted molar refractivity (Wildman–Crippen MR) is 130 cm³/mol. The third kappa shape index (κ3) is 5.49. The summed E-state index contributed by atoms with van der Waals surface area (Å²) in [4.78, 5) is 21.0. The summed E-state index contributed by atoms with van der Waals surface area (Å²) in [6.45, 7) is 8.03. The molecule has 0 spiro atoms. The van der Waals surface area contributed by atoms with Crippen LogP contribution in [0.2, 0.25) is 0 Å². The lowest BCUT2D eigenvalue weighted by atomic mass is 9.97. The zero-order valence-electron chi connectivity index (χ0n) is 19.3. The second kappa shape index (κ2) is 10.4. The molecule has 1 aromatic carbocycles. The molecule has 0 radical (unpaired) electrons. The van der Waals surface area contributed by atoms with Crippen molar-refractivity contribution < 1.29 is 9.53 Å². The summed E-state index contributed by atoms with van der Waals surface area (Å²) in [5, 5.41) is 9.92. The second-order valence-corrected chi connectivity index (χ2v) is 8.40. The van der Waals surface area contributed by atoms with Crippen LogP contribution in [0.15, 0.2) is 60.9 Å². The largest absolute Gasteiger partial charge is 0.469 e. The number of carbonyl (C=O) groups is 1. The van der Waals surface area contributed by atoms with E-state index in [4.69, 9.17) is 4.74 Å². The summed E-state index contributed by atoms with van der Waals surface area (Å²) in [6.07, 6.45) is 3.35. The Morgan fingerprint density at radius 2 is 1.97 bits per heavy atom. The summed E-state index contributed by atoms with van der Waals surface area (Å²) in [7, 11) is 0. The highest BCUT2D eigenvalue weighted by molar-refractivity contribution is 5.95. The molecule has 0 saturated heterocycles. The number of nitrogens with one attached hydrogen (secondary N) is 3. The molecule has 1 amide bonds. The molecule has 1 aliphatic rings. The lowest BCUT2D eigenvalue weighted by Gasteiger charge is -2.34. The Balaban J connectivity index is 1.50. The smallest absolute Gasteiger partial charge is 0.252 e. The number of nitrogens with zero attached hydrogens (tertiary/aromatic N) is 2. The van der Waals surface area contributed by atoms with Crippen molar-refractivity contribution >= 4 is 11.6 Å². The first kappa shape index (κ1) is 22.7. The maximum absolute atomic E-state index is 12.1. The molecule has 0 aliphatic carbocycles. The first-order valence-corrected chi connectivity index (χ1v) is 11.4. The second-order valence-electron chi connectivity index (χ2n) is 8.40. The summed E-state index contributed by atoms with van der Waals surface area (Å²) in [5.74, 6) is 0.670. The Morgan fingerprint density at radius 1 is 1.15 bits per heavy atom. The van der Waals surface area contributed by atoms with Gasteiger partial charge in [-0.05, 0) is 43.0 Å². The van der Waals surface area contributed by atoms with Gasteiger partial charge in [0.25, 0.3) is 5.91 Å². The maximum Gasteiger partial charge on any atom is 0.252 e. The molecule has 0 bridgehead atoms. The minimum Gasteiger partial charge on any atom is -0.469 e. The van der Waals surface area contributed by atoms with E-state index in [1.807, 2.05) is 44.3 Å². The first-order chi connectivity index (χ1) is 16.0. The number of rotatable bonds is 8. The van der Waals surface area contributed by atoms with Gasteiger partial charge in [-0.3, -0.25) is 9.78 Å². The number of ether oxygens (including phenoxy) is 1. The van der Waals surface area contributed by atoms with E-state index in [2.05, 4.69) is 51.0 Å². The molecular formula is C26H31N5O2. The van der Waals surface area contributed by atoms with Crippen molar-refractivity contribution in [2.45, 2.75) is 38.8 Å². The van der Waals surface area contributed by atoms with Crippen LogP contribution in [0.1, 0.15) is 53.0 Å². The predicted octanol–water partition coefficient (Wildman–Crippen LogP) is 3.84. The molecule has 1 aliphatic heterocycles. The van der Waals surface area contributed by atoms with Crippen LogP contribution in [-0.4, -0.2) is 41.6 Å². The first-order valence-electron chi connectivity index (χ1n) is 11.4. The fraction of sp³-hybridized carbons (Fsp3) is 0.346. The molecule has 172 valence electrons. The van der Waals surface area contributed by atoms with Gasteiger partial charge < -0.3 is 20.7 Å². The molecule has 3 heterocycles. The Labute approximate surface area is 195 Å². The van der Waals surface area contributed by atoms with Crippen molar-refractivity contribution in [1.29, 1.82) is 0 Å². The summed E-state index contributed by atoms with van der Waals surface area (Å²) >= 11 is 0. The standard InChI is InChI=1S/C26H31N5O2/c1-4-27-25(32)21-12-22-26(31-15-21)33-23(16-29-22)24(19-8-6-5-7-9-19)30-13-17(2)20-11-10-18(3)28-14-20/h5-12,14-15,17,23-24,29-30H,4,13,16H2,1-3H3,(H,27,32)/t17-,23+,24-/m1/s1. The molecule has 33 heavy (non-hydrogen) atoms. The van der Waals surface area contributed by atoms with Gasteiger partial charge in [-0.1, -0.05) is 43.3 Å². The lowest BCUT2D eigenvalue weighted by Crippen LogP contribution is -2.43. The Hall–Kier alpha value is -3.45. The van der Waals surface area contributed by atoms with Crippen molar-refractivity contribution in [1.82, 2.24) is 20.6 Å². The summed E-state index contributed by atoms with van der Waals surface area (Å²) in [5.41, 5.74) is 4.63. The van der Waals surface area contributed by atoms with Gasteiger partial charge in [-0.25, -0.2) is 4.98 Å². The van der Waals surface area contributed by atoms with Crippen LogP contribution in [0, 0.1) is 6.92 Å². The topological polar surface area (TPSA) is 88.2 Å². The van der Waals surface area contributed by atoms with Gasteiger partial charge in [-0.2, -0.15) is 0 Å². The van der Waals surface area contributed by atoms with E-state index in [1.165, 1.54) is 5.56 Å². The Bertz CT molecular complexity index is 1070. The quantitative estimate of drug-likeness (QED) is 0.488. The number of benzene rings is 1. The lowest BCUT2D eigenvalue weighted by molar-refractivity contribution is 0.0955. The minimum atomic E-state index is -0.161. The average Bonchev–Trinajstić information content (AvgIpc) is 2.85. The van der Waals surface area contributed by atoms with Crippen LogP contribution >= 0.6 is 0 Å². The fourth-order valence-electron chi connectivity index (χ4n) is 3.96. The zero-order chi connectivity index (χ0) is 23.2. The molecule has 7 heteroatoms. The molecule has 0 saturated carbocycles. The molecule has 0 unspecified atom stereocenters. The van der Waals surface area contributed by atoms with E-state index in [-0.39, 0.29) is 18.1 Å². The molecule has 0 fully saturated rings. The third-order valence-corrected chi connectivity index (χ3v) is 5.89. The molecule has 2 aromatic heterocycles. The minimum absolute atomic E-state index is 0.0300. The van der Waals surface area contributed by atoms with Crippen molar-refractivity contribution in [3.05, 3.63) is 83.3 Å². The number of aromatic nitrogens is 2. The number of hydrogen-bond donors (Lipinski definition) is 3. The highest BCUT2D eigenvalue weighted by Gasteiger charge is 2.30. The SMILES string of the molecule is CCNC(=O)c1cnc2c(c1)NC[C@@H]([C@H](NC[C@@H](C)c1ccc(C)nc1)c1ccccc1)O2. The van der Waals surface area contributed by atoms with E-state index < -0.39 is 0 Å². The molecule has 3 atom stereocenters. The molecule has 3 N–H and O–H groups in total. The van der Waals surface area contributed by atoms with Gasteiger partial charge in [0.2, 0.25) is 5.88 Å². The number of pyridine rings is 2. The van der Waals surface area contributed by atoms with E-state index in [9.17, 15) is 4.79 Å². The van der Waals surface area contributed by atoms with Gasteiger partial charge in [-0.15, -0.1) is 0 Å². The van der Waals surface area contributed by atoms with Crippen molar-refractivity contribution in [2.75, 3.05) is 25.0 Å². The third-order valence-electron chi connectivity index (χ3n) is 5.89.